The SMILES string of the molecule is C.C.C.C.CNCCCCNC(=O)C(CCCCNC(=O)CNC(C)=O)NC(=O)CNC(C)=O. The normalized spacial score (nSPS) is 9.85. The van der Waals surface area contributed by atoms with Crippen LogP contribution in [0.15, 0.2) is 0 Å². The molecule has 0 aromatic carbocycles. The van der Waals surface area contributed by atoms with Crippen molar-refractivity contribution in [2.75, 3.05) is 39.8 Å². The Morgan fingerprint density at radius 3 is 1.62 bits per heavy atom. The second kappa shape index (κ2) is 26.6. The summed E-state index contributed by atoms with van der Waals surface area (Å²) in [7, 11) is 1.86. The van der Waals surface area contributed by atoms with Crippen molar-refractivity contribution in [2.24, 2.45) is 0 Å². The molecule has 11 nitrogen and oxygen atoms in total. The monoisotopic (exact) mass is 492 g/mol. The molecule has 0 radical (unpaired) electrons. The summed E-state index contributed by atoms with van der Waals surface area (Å²) in [6, 6.07) is -0.717. The first-order valence-corrected chi connectivity index (χ1v) is 10.2. The smallest absolute Gasteiger partial charge is 0.242 e. The summed E-state index contributed by atoms with van der Waals surface area (Å²) in [5.74, 6) is -1.61. The van der Waals surface area contributed by atoms with Gasteiger partial charge in [0.25, 0.3) is 0 Å². The second-order valence-electron chi connectivity index (χ2n) is 6.89. The number of rotatable bonds is 16. The van der Waals surface area contributed by atoms with E-state index in [2.05, 4.69) is 31.9 Å². The van der Waals surface area contributed by atoms with Crippen LogP contribution < -0.4 is 31.9 Å². The van der Waals surface area contributed by atoms with Gasteiger partial charge in [-0.2, -0.15) is 0 Å². The first-order chi connectivity index (χ1) is 14.3. The van der Waals surface area contributed by atoms with Gasteiger partial charge in [-0.15, -0.1) is 0 Å². The number of carbonyl (C=O) groups excluding carboxylic acids is 5. The summed E-state index contributed by atoms with van der Waals surface area (Å²) in [4.78, 5) is 57.7. The van der Waals surface area contributed by atoms with Gasteiger partial charge in [0.1, 0.15) is 6.04 Å². The predicted molar refractivity (Wildman–Crippen MR) is 139 cm³/mol. The molecule has 1 atom stereocenters. The van der Waals surface area contributed by atoms with E-state index < -0.39 is 11.9 Å². The van der Waals surface area contributed by atoms with Crippen molar-refractivity contribution in [3.8, 4) is 0 Å². The lowest BCUT2D eigenvalue weighted by Crippen LogP contribution is -2.49. The van der Waals surface area contributed by atoms with Crippen molar-refractivity contribution in [3.63, 3.8) is 0 Å². The van der Waals surface area contributed by atoms with E-state index in [0.29, 0.717) is 32.4 Å². The van der Waals surface area contributed by atoms with Crippen LogP contribution in [-0.2, 0) is 24.0 Å². The van der Waals surface area contributed by atoms with Gasteiger partial charge in [0.05, 0.1) is 13.1 Å². The largest absolute Gasteiger partial charge is 0.355 e. The number of unbranched alkanes of at least 4 members (excludes halogenated alkanes) is 2. The van der Waals surface area contributed by atoms with Crippen molar-refractivity contribution < 1.29 is 24.0 Å². The molecule has 5 amide bonds. The highest BCUT2D eigenvalue weighted by Crippen LogP contribution is 2.02. The van der Waals surface area contributed by atoms with Gasteiger partial charge in [0.2, 0.25) is 29.5 Å². The zero-order valence-corrected chi connectivity index (χ0v) is 18.2. The van der Waals surface area contributed by atoms with E-state index in [1.165, 1.54) is 13.8 Å². The second-order valence-corrected chi connectivity index (χ2v) is 6.89. The third-order valence-corrected chi connectivity index (χ3v) is 4.04. The molecule has 0 aromatic rings. The van der Waals surface area contributed by atoms with Crippen LogP contribution in [0, 0.1) is 0 Å². The molecule has 1 unspecified atom stereocenters. The molecule has 0 fully saturated rings. The Morgan fingerprint density at radius 1 is 0.618 bits per heavy atom. The van der Waals surface area contributed by atoms with E-state index in [-0.39, 0.29) is 66.4 Å². The van der Waals surface area contributed by atoms with E-state index in [0.717, 1.165) is 19.4 Å². The fourth-order valence-electron chi connectivity index (χ4n) is 2.45. The van der Waals surface area contributed by atoms with Crippen LogP contribution in [0.5, 0.6) is 0 Å². The number of carbonyl (C=O) groups is 5. The Hall–Kier alpha value is -2.69. The van der Waals surface area contributed by atoms with Crippen LogP contribution in [0.3, 0.4) is 0 Å². The minimum absolute atomic E-state index is 0. The molecule has 0 saturated carbocycles. The molecule has 34 heavy (non-hydrogen) atoms. The number of amides is 5. The summed E-state index contributed by atoms with van der Waals surface area (Å²) < 4.78 is 0. The van der Waals surface area contributed by atoms with Crippen LogP contribution in [-0.4, -0.2) is 75.3 Å². The molecule has 0 aromatic heterocycles. The summed E-state index contributed by atoms with van der Waals surface area (Å²) in [5, 5.41) is 16.0. The lowest BCUT2D eigenvalue weighted by Gasteiger charge is -2.19. The van der Waals surface area contributed by atoms with E-state index in [1.54, 1.807) is 0 Å². The van der Waals surface area contributed by atoms with Gasteiger partial charge in [-0.3, -0.25) is 24.0 Å². The molecule has 0 rings (SSSR count). The molecule has 0 aliphatic rings. The van der Waals surface area contributed by atoms with Gasteiger partial charge in [0, 0.05) is 26.9 Å². The van der Waals surface area contributed by atoms with Crippen molar-refractivity contribution in [3.05, 3.63) is 0 Å². The van der Waals surface area contributed by atoms with E-state index in [1.807, 2.05) is 7.05 Å². The first-order valence-electron chi connectivity index (χ1n) is 10.2. The minimum Gasteiger partial charge on any atom is -0.355 e. The minimum atomic E-state index is -0.717. The fourth-order valence-corrected chi connectivity index (χ4v) is 2.45. The zero-order valence-electron chi connectivity index (χ0n) is 18.2. The predicted octanol–water partition coefficient (Wildman–Crippen LogP) is 0.690. The van der Waals surface area contributed by atoms with Crippen LogP contribution >= 0.6 is 0 Å². The lowest BCUT2D eigenvalue weighted by molar-refractivity contribution is -0.129. The number of hydrogen-bond acceptors (Lipinski definition) is 6. The molecule has 6 N–H and O–H groups in total. The van der Waals surface area contributed by atoms with Crippen molar-refractivity contribution >= 4 is 29.5 Å². The van der Waals surface area contributed by atoms with Crippen LogP contribution in [0.1, 0.15) is 75.7 Å². The fraction of sp³-hybridized carbons (Fsp3) is 0.783. The molecule has 11 heteroatoms. The highest BCUT2D eigenvalue weighted by Gasteiger charge is 2.20. The van der Waals surface area contributed by atoms with Gasteiger partial charge in [0.15, 0.2) is 0 Å². The Bertz CT molecular complexity index is 572. The average Bonchev–Trinajstić information content (AvgIpc) is 2.69. The standard InChI is InChI=1S/C19H36N6O5.4CH4/c1-14(26)23-12-17(28)21-10-5-4-8-16(25-18(29)13-24-15(2)27)19(30)22-11-7-6-9-20-3;;;;/h16,20H,4-13H2,1-3H3,(H,21,28)(H,22,30)(H,23,26)(H,24,27)(H,25,29);4*1H4. The third-order valence-electron chi connectivity index (χ3n) is 4.04. The maximum absolute atomic E-state index is 12.4. The van der Waals surface area contributed by atoms with E-state index in [4.69, 9.17) is 0 Å². The molecule has 0 heterocycles. The lowest BCUT2D eigenvalue weighted by atomic mass is 10.1. The van der Waals surface area contributed by atoms with Crippen molar-refractivity contribution in [2.45, 2.75) is 81.7 Å². The Kier molecular flexibility index (Phi) is 32.5. The maximum atomic E-state index is 12.4. The maximum Gasteiger partial charge on any atom is 0.242 e. The van der Waals surface area contributed by atoms with Crippen molar-refractivity contribution in [1.29, 1.82) is 0 Å². The molecule has 0 bridgehead atoms. The van der Waals surface area contributed by atoms with Crippen LogP contribution in [0.2, 0.25) is 0 Å². The summed E-state index contributed by atoms with van der Waals surface area (Å²) >= 11 is 0. The quantitative estimate of drug-likeness (QED) is 0.174. The number of nitrogens with one attached hydrogen (secondary N) is 6. The van der Waals surface area contributed by atoms with E-state index >= 15 is 0 Å². The summed E-state index contributed by atoms with van der Waals surface area (Å²) in [5.41, 5.74) is 0. The Morgan fingerprint density at radius 2 is 1.09 bits per heavy atom. The molecule has 0 spiro atoms. The van der Waals surface area contributed by atoms with Gasteiger partial charge >= 0.3 is 0 Å². The summed E-state index contributed by atoms with van der Waals surface area (Å²) in [6.07, 6.45) is 3.35. The molecule has 0 saturated heterocycles. The summed E-state index contributed by atoms with van der Waals surface area (Å²) in [6.45, 7) is 4.14. The number of hydrogen-bond donors (Lipinski definition) is 6. The van der Waals surface area contributed by atoms with Gasteiger partial charge in [-0.05, 0) is 45.7 Å². The van der Waals surface area contributed by atoms with E-state index in [9.17, 15) is 24.0 Å². The highest BCUT2D eigenvalue weighted by atomic mass is 16.2. The third kappa shape index (κ3) is 25.6. The zero-order chi connectivity index (χ0) is 22.8. The van der Waals surface area contributed by atoms with Crippen LogP contribution in [0.25, 0.3) is 0 Å². The van der Waals surface area contributed by atoms with Crippen molar-refractivity contribution in [1.82, 2.24) is 31.9 Å². The van der Waals surface area contributed by atoms with Gasteiger partial charge < -0.3 is 31.9 Å². The molecule has 0 aliphatic heterocycles. The van der Waals surface area contributed by atoms with Crippen LogP contribution in [0.4, 0.5) is 0 Å². The topological polar surface area (TPSA) is 158 Å². The molecular formula is C23H52N6O5. The Balaban J connectivity index is -0.000000701. The Labute approximate surface area is 207 Å². The average molecular weight is 493 g/mol. The highest BCUT2D eigenvalue weighted by molar-refractivity contribution is 5.89. The molecule has 0 aliphatic carbocycles. The van der Waals surface area contributed by atoms with Gasteiger partial charge in [-0.25, -0.2) is 0 Å². The molecule has 204 valence electrons. The van der Waals surface area contributed by atoms with Gasteiger partial charge in [-0.1, -0.05) is 29.7 Å². The molecular weight excluding hydrogens is 440 g/mol. The first kappa shape index (κ1) is 41.6.